The molecular weight excluding hydrogens is 288 g/mol. The van der Waals surface area contributed by atoms with E-state index in [0.29, 0.717) is 23.4 Å². The van der Waals surface area contributed by atoms with Gasteiger partial charge in [-0.05, 0) is 19.9 Å². The first-order valence-electron chi connectivity index (χ1n) is 5.69. The molecule has 7 nitrogen and oxygen atoms in total. The van der Waals surface area contributed by atoms with Crippen LogP contribution in [0.2, 0.25) is 0 Å². The number of benzene rings is 1. The summed E-state index contributed by atoms with van der Waals surface area (Å²) in [5.41, 5.74) is -0.658. The quantitative estimate of drug-likeness (QED) is 0.693. The Hall–Kier alpha value is -2.84. The Morgan fingerprint density at radius 3 is 2.52 bits per heavy atom. The van der Waals surface area contributed by atoms with Gasteiger partial charge in [-0.25, -0.2) is 4.39 Å². The first kappa shape index (κ1) is 14.6. The van der Waals surface area contributed by atoms with Gasteiger partial charge in [-0.2, -0.15) is 4.39 Å². The normalized spacial score (nSPS) is 10.5. The fraction of sp³-hybridized carbons (Fsp3) is 0.167. The largest absolute Gasteiger partial charge is 0.338 e. The molecule has 0 saturated carbocycles. The predicted molar refractivity (Wildman–Crippen MR) is 66.9 cm³/mol. The monoisotopic (exact) mass is 297 g/mol. The second kappa shape index (κ2) is 5.27. The van der Waals surface area contributed by atoms with Crippen LogP contribution in [0.15, 0.2) is 16.7 Å². The van der Waals surface area contributed by atoms with Gasteiger partial charge in [0.05, 0.1) is 22.2 Å². The average molecular weight is 297 g/mol. The van der Waals surface area contributed by atoms with Crippen molar-refractivity contribution in [3.63, 3.8) is 0 Å². The van der Waals surface area contributed by atoms with E-state index in [4.69, 9.17) is 4.52 Å². The van der Waals surface area contributed by atoms with Crippen LogP contribution in [0.3, 0.4) is 0 Å². The smallest absolute Gasteiger partial charge is 0.307 e. The summed E-state index contributed by atoms with van der Waals surface area (Å²) in [7, 11) is 0. The highest BCUT2D eigenvalue weighted by atomic mass is 19.1. The van der Waals surface area contributed by atoms with Gasteiger partial charge in [-0.1, -0.05) is 5.16 Å². The first-order chi connectivity index (χ1) is 9.81. The molecule has 1 aromatic carbocycles. The van der Waals surface area contributed by atoms with Gasteiger partial charge in [-0.3, -0.25) is 20.2 Å². The number of nitrogens with one attached hydrogen (secondary N) is 1. The lowest BCUT2D eigenvalue weighted by atomic mass is 10.1. The van der Waals surface area contributed by atoms with Crippen molar-refractivity contribution in [1.82, 2.24) is 5.16 Å². The molecule has 1 N–H and O–H groups in total. The number of nitrogens with zero attached hydrogens (tertiary/aromatic N) is 2. The molecule has 9 heteroatoms. The Balaban J connectivity index is 2.34. The van der Waals surface area contributed by atoms with Crippen LogP contribution < -0.4 is 5.32 Å². The zero-order chi connectivity index (χ0) is 15.7. The first-order valence-corrected chi connectivity index (χ1v) is 5.69. The number of amides is 1. The summed E-state index contributed by atoms with van der Waals surface area (Å²) in [5.74, 6) is -3.53. The van der Waals surface area contributed by atoms with Gasteiger partial charge in [0.25, 0.3) is 5.91 Å². The second-order valence-corrected chi connectivity index (χ2v) is 4.22. The maximum absolute atomic E-state index is 13.7. The highest BCUT2D eigenvalue weighted by Crippen LogP contribution is 2.23. The van der Waals surface area contributed by atoms with Gasteiger partial charge in [0.2, 0.25) is 11.7 Å². The third-order valence-electron chi connectivity index (χ3n) is 2.86. The van der Waals surface area contributed by atoms with Gasteiger partial charge in [0.15, 0.2) is 0 Å². The maximum Gasteiger partial charge on any atom is 0.307 e. The van der Waals surface area contributed by atoms with Gasteiger partial charge in [0, 0.05) is 5.56 Å². The van der Waals surface area contributed by atoms with E-state index in [1.807, 2.05) is 0 Å². The number of aromatic nitrogens is 1. The molecule has 1 aromatic heterocycles. The van der Waals surface area contributed by atoms with Crippen molar-refractivity contribution in [3.05, 3.63) is 50.7 Å². The molecule has 0 aliphatic rings. The van der Waals surface area contributed by atoms with E-state index in [1.54, 1.807) is 13.8 Å². The number of rotatable bonds is 3. The molecule has 0 aliphatic heterocycles. The minimum Gasteiger partial charge on any atom is -0.338 e. The van der Waals surface area contributed by atoms with E-state index in [0.717, 1.165) is 0 Å². The second-order valence-electron chi connectivity index (χ2n) is 4.22. The Kier molecular flexibility index (Phi) is 3.66. The highest BCUT2D eigenvalue weighted by molar-refractivity contribution is 6.04. The summed E-state index contributed by atoms with van der Waals surface area (Å²) in [5, 5.41) is 16.3. The van der Waals surface area contributed by atoms with Crippen molar-refractivity contribution in [2.45, 2.75) is 13.8 Å². The molecule has 2 aromatic rings. The van der Waals surface area contributed by atoms with E-state index >= 15 is 0 Å². The molecule has 0 radical (unpaired) electrons. The van der Waals surface area contributed by atoms with Gasteiger partial charge in [0.1, 0.15) is 5.82 Å². The summed E-state index contributed by atoms with van der Waals surface area (Å²) in [6, 6.07) is 0.810. The van der Waals surface area contributed by atoms with Gasteiger partial charge >= 0.3 is 5.69 Å². The summed E-state index contributed by atoms with van der Waals surface area (Å²) >= 11 is 0. The van der Waals surface area contributed by atoms with Crippen molar-refractivity contribution < 1.29 is 23.0 Å². The van der Waals surface area contributed by atoms with E-state index in [2.05, 4.69) is 10.5 Å². The lowest BCUT2D eigenvalue weighted by Crippen LogP contribution is -2.15. The number of nitro groups is 1. The SMILES string of the molecule is Cc1noc(NC(=O)c2cc(F)c([N+](=O)[O-])cc2F)c1C. The van der Waals surface area contributed by atoms with E-state index in [9.17, 15) is 23.7 Å². The van der Waals surface area contributed by atoms with E-state index in [-0.39, 0.29) is 5.88 Å². The zero-order valence-electron chi connectivity index (χ0n) is 10.9. The number of hydrogen-bond donors (Lipinski definition) is 1. The molecule has 1 heterocycles. The molecule has 0 atom stereocenters. The van der Waals surface area contributed by atoms with Crippen molar-refractivity contribution >= 4 is 17.5 Å². The number of aryl methyl sites for hydroxylation is 1. The molecule has 110 valence electrons. The number of carbonyl (C=O) groups excluding carboxylic acids is 1. The molecule has 0 saturated heterocycles. The molecule has 0 unspecified atom stereocenters. The Morgan fingerprint density at radius 1 is 1.33 bits per heavy atom. The molecular formula is C12H9F2N3O4. The highest BCUT2D eigenvalue weighted by Gasteiger charge is 2.23. The molecule has 0 spiro atoms. The third-order valence-corrected chi connectivity index (χ3v) is 2.86. The third kappa shape index (κ3) is 2.71. The number of anilines is 1. The average Bonchev–Trinajstić information content (AvgIpc) is 2.72. The van der Waals surface area contributed by atoms with Crippen LogP contribution in [-0.2, 0) is 0 Å². The van der Waals surface area contributed by atoms with Crippen LogP contribution in [0.25, 0.3) is 0 Å². The summed E-state index contributed by atoms with van der Waals surface area (Å²) < 4.78 is 31.9. The van der Waals surface area contributed by atoms with E-state index < -0.39 is 33.7 Å². The lowest BCUT2D eigenvalue weighted by molar-refractivity contribution is -0.387. The predicted octanol–water partition coefficient (Wildman–Crippen LogP) is 2.73. The van der Waals surface area contributed by atoms with E-state index in [1.165, 1.54) is 0 Å². The topological polar surface area (TPSA) is 98.3 Å². The molecule has 0 fully saturated rings. The Labute approximate surface area is 116 Å². The van der Waals surface area contributed by atoms with Crippen LogP contribution in [0.1, 0.15) is 21.6 Å². The Morgan fingerprint density at radius 2 is 2.00 bits per heavy atom. The van der Waals surface area contributed by atoms with Gasteiger partial charge in [-0.15, -0.1) is 0 Å². The Bertz CT molecular complexity index is 742. The molecule has 1 amide bonds. The fourth-order valence-corrected chi connectivity index (χ4v) is 1.55. The van der Waals surface area contributed by atoms with Crippen molar-refractivity contribution in [2.24, 2.45) is 0 Å². The van der Waals surface area contributed by atoms with Crippen LogP contribution in [0.5, 0.6) is 0 Å². The lowest BCUT2D eigenvalue weighted by Gasteiger charge is -2.04. The summed E-state index contributed by atoms with van der Waals surface area (Å²) in [4.78, 5) is 21.2. The van der Waals surface area contributed by atoms with Crippen molar-refractivity contribution in [2.75, 3.05) is 5.32 Å². The number of halogens is 2. The fourth-order valence-electron chi connectivity index (χ4n) is 1.55. The standard InChI is InChI=1S/C12H9F2N3O4/c1-5-6(2)16-21-12(5)15-11(18)7-3-9(14)10(17(19)20)4-8(7)13/h3-4H,1-2H3,(H,15,18). The van der Waals surface area contributed by atoms with Crippen LogP contribution in [0.4, 0.5) is 20.4 Å². The van der Waals surface area contributed by atoms with Crippen molar-refractivity contribution in [1.29, 1.82) is 0 Å². The zero-order valence-corrected chi connectivity index (χ0v) is 10.9. The van der Waals surface area contributed by atoms with Crippen molar-refractivity contribution in [3.8, 4) is 0 Å². The van der Waals surface area contributed by atoms with Crippen LogP contribution in [-0.4, -0.2) is 16.0 Å². The molecule has 0 aliphatic carbocycles. The molecule has 0 bridgehead atoms. The van der Waals surface area contributed by atoms with Crippen LogP contribution in [0, 0.1) is 35.6 Å². The van der Waals surface area contributed by atoms with Crippen LogP contribution >= 0.6 is 0 Å². The molecule has 21 heavy (non-hydrogen) atoms. The maximum atomic E-state index is 13.7. The number of hydrogen-bond acceptors (Lipinski definition) is 5. The summed E-state index contributed by atoms with van der Waals surface area (Å²) in [6.45, 7) is 3.26. The molecule has 2 rings (SSSR count). The van der Waals surface area contributed by atoms with Gasteiger partial charge < -0.3 is 4.52 Å². The summed E-state index contributed by atoms with van der Waals surface area (Å²) in [6.07, 6.45) is 0. The number of nitro benzene ring substituents is 1. The minimum absolute atomic E-state index is 0.00402. The minimum atomic E-state index is -1.31. The number of carbonyl (C=O) groups is 1.